The maximum absolute atomic E-state index is 13.5. The number of aromatic nitrogens is 2. The lowest BCUT2D eigenvalue weighted by molar-refractivity contribution is -0.918. The first-order valence-corrected chi connectivity index (χ1v) is 12.9. The molecule has 0 radical (unpaired) electrons. The van der Waals surface area contributed by atoms with Crippen molar-refractivity contribution in [3.05, 3.63) is 96.2 Å². The molecule has 0 aliphatic carbocycles. The van der Waals surface area contributed by atoms with Crippen molar-refractivity contribution >= 4 is 27.7 Å². The monoisotopic (exact) mass is 491 g/mol. The van der Waals surface area contributed by atoms with E-state index in [1.165, 1.54) is 5.56 Å². The molecule has 0 atom stereocenters. The van der Waals surface area contributed by atoms with E-state index in [1.54, 1.807) is 12.0 Å². The van der Waals surface area contributed by atoms with Gasteiger partial charge in [-0.15, -0.1) is 0 Å². The number of methoxy groups -OCH3 is 1. The topological polar surface area (TPSA) is 71.4 Å². The quantitative estimate of drug-likeness (QED) is 0.330. The number of amides is 1. The molecule has 1 fully saturated rings. The third-order valence-corrected chi connectivity index (χ3v) is 7.42. The highest BCUT2D eigenvalue weighted by Gasteiger charge is 2.25. The van der Waals surface area contributed by atoms with Gasteiger partial charge in [-0.05, 0) is 36.4 Å². The minimum absolute atomic E-state index is 0.113. The van der Waals surface area contributed by atoms with E-state index in [9.17, 15) is 4.79 Å². The number of pyridine rings is 1. The zero-order chi connectivity index (χ0) is 25.2. The number of hydrogen-bond donors (Lipinski definition) is 3. The Labute approximate surface area is 216 Å². The molecular formula is C31H31N4O2+. The lowest BCUT2D eigenvalue weighted by atomic mass is 10.0. The summed E-state index contributed by atoms with van der Waals surface area (Å²) in [5.74, 6) is 0.671. The van der Waals surface area contributed by atoms with Crippen LogP contribution in [0.4, 0.5) is 0 Å². The van der Waals surface area contributed by atoms with Crippen LogP contribution < -0.4 is 15.0 Å². The summed E-state index contributed by atoms with van der Waals surface area (Å²) in [4.78, 5) is 23.4. The largest absolute Gasteiger partial charge is 0.497 e. The molecule has 1 aliphatic rings. The molecule has 6 nitrogen and oxygen atoms in total. The van der Waals surface area contributed by atoms with Crippen molar-refractivity contribution in [1.82, 2.24) is 15.3 Å². The summed E-state index contributed by atoms with van der Waals surface area (Å²) < 4.78 is 5.33. The van der Waals surface area contributed by atoms with Gasteiger partial charge < -0.3 is 19.9 Å². The van der Waals surface area contributed by atoms with Crippen LogP contribution in [0.25, 0.3) is 33.1 Å². The fourth-order valence-corrected chi connectivity index (χ4v) is 5.41. The number of aromatic amines is 1. The van der Waals surface area contributed by atoms with Crippen molar-refractivity contribution in [3.8, 4) is 17.0 Å². The Kier molecular flexibility index (Phi) is 6.33. The molecule has 186 valence electrons. The molecule has 2 aromatic heterocycles. The fraction of sp³-hybridized carbons (Fsp3) is 0.226. The maximum atomic E-state index is 13.5. The van der Waals surface area contributed by atoms with E-state index in [-0.39, 0.29) is 11.9 Å². The molecule has 3 heterocycles. The molecule has 1 aliphatic heterocycles. The van der Waals surface area contributed by atoms with E-state index < -0.39 is 0 Å². The molecular weight excluding hydrogens is 460 g/mol. The molecule has 0 unspecified atom stereocenters. The first-order chi connectivity index (χ1) is 18.2. The zero-order valence-electron chi connectivity index (χ0n) is 21.0. The number of nitrogens with zero attached hydrogens (tertiary/aromatic N) is 1. The van der Waals surface area contributed by atoms with Gasteiger partial charge in [-0.25, -0.2) is 4.98 Å². The molecule has 6 heteroatoms. The third-order valence-electron chi connectivity index (χ3n) is 7.42. The van der Waals surface area contributed by atoms with Gasteiger partial charge in [-0.2, -0.15) is 0 Å². The van der Waals surface area contributed by atoms with Crippen LogP contribution in [0.3, 0.4) is 0 Å². The van der Waals surface area contributed by atoms with Crippen molar-refractivity contribution in [2.75, 3.05) is 20.2 Å². The number of piperidine rings is 1. The van der Waals surface area contributed by atoms with E-state index >= 15 is 0 Å². The molecule has 5 aromatic rings. The normalized spacial score (nSPS) is 17.6. The van der Waals surface area contributed by atoms with Gasteiger partial charge in [0, 0.05) is 46.3 Å². The summed E-state index contributed by atoms with van der Waals surface area (Å²) >= 11 is 0. The second-order valence-corrected chi connectivity index (χ2v) is 9.84. The molecule has 3 aromatic carbocycles. The number of hydrogen-bond acceptors (Lipinski definition) is 3. The summed E-state index contributed by atoms with van der Waals surface area (Å²) in [5, 5.41) is 5.36. The lowest BCUT2D eigenvalue weighted by Gasteiger charge is -2.29. The first-order valence-electron chi connectivity index (χ1n) is 12.9. The van der Waals surface area contributed by atoms with E-state index in [0.717, 1.165) is 71.3 Å². The number of nitrogens with one attached hydrogen (secondary N) is 3. The third kappa shape index (κ3) is 4.80. The number of para-hydroxylation sites is 1. The van der Waals surface area contributed by atoms with Crippen LogP contribution in [-0.2, 0) is 6.54 Å². The molecule has 1 saturated heterocycles. The number of carbonyl (C=O) groups is 1. The van der Waals surface area contributed by atoms with Gasteiger partial charge in [0.25, 0.3) is 5.91 Å². The predicted molar refractivity (Wildman–Crippen MR) is 147 cm³/mol. The molecule has 1 amide bonds. The van der Waals surface area contributed by atoms with Crippen molar-refractivity contribution in [3.63, 3.8) is 0 Å². The second-order valence-electron chi connectivity index (χ2n) is 9.84. The van der Waals surface area contributed by atoms with Gasteiger partial charge in [0.05, 0.1) is 31.4 Å². The number of fused-ring (bicyclic) bond motifs is 3. The number of benzene rings is 3. The number of ether oxygens (including phenoxy) is 1. The van der Waals surface area contributed by atoms with Crippen LogP contribution in [0.2, 0.25) is 0 Å². The SMILES string of the molecule is COc1ccc(-c2nc(C(=O)NC3CC[NH+](Cc4ccccc4)CC3)cc3c2[nH]c2ccccc23)cc1. The summed E-state index contributed by atoms with van der Waals surface area (Å²) in [6.07, 6.45) is 1.93. The van der Waals surface area contributed by atoms with Gasteiger partial charge in [-0.3, -0.25) is 4.79 Å². The second kappa shape index (κ2) is 10.1. The molecule has 3 N–H and O–H groups in total. The van der Waals surface area contributed by atoms with Crippen LogP contribution in [-0.4, -0.2) is 42.1 Å². The van der Waals surface area contributed by atoms with E-state index in [0.29, 0.717) is 5.69 Å². The summed E-state index contributed by atoms with van der Waals surface area (Å²) in [7, 11) is 1.65. The lowest BCUT2D eigenvalue weighted by Crippen LogP contribution is -3.12. The van der Waals surface area contributed by atoms with Gasteiger partial charge in [0.15, 0.2) is 0 Å². The first kappa shape index (κ1) is 23.3. The van der Waals surface area contributed by atoms with Crippen LogP contribution >= 0.6 is 0 Å². The highest BCUT2D eigenvalue weighted by atomic mass is 16.5. The standard InChI is InChI=1S/C31H30N4O2/c1-37-24-13-11-22(12-14-24)29-30-26(25-9-5-6-10-27(25)33-30)19-28(34-29)31(36)32-23-15-17-35(18-16-23)20-21-7-3-2-4-8-21/h2-14,19,23,33H,15-18,20H2,1H3,(H,32,36)/p+1. The Hall–Kier alpha value is -4.16. The van der Waals surface area contributed by atoms with Crippen LogP contribution in [0.5, 0.6) is 5.75 Å². The molecule has 37 heavy (non-hydrogen) atoms. The number of likely N-dealkylation sites (tertiary alicyclic amines) is 1. The minimum Gasteiger partial charge on any atom is -0.497 e. The fourth-order valence-electron chi connectivity index (χ4n) is 5.41. The van der Waals surface area contributed by atoms with Crippen LogP contribution in [0.15, 0.2) is 84.9 Å². The Morgan fingerprint density at radius 2 is 1.70 bits per heavy atom. The number of H-pyrrole nitrogens is 1. The summed E-state index contributed by atoms with van der Waals surface area (Å²) in [6.45, 7) is 3.13. The Morgan fingerprint density at radius 1 is 0.973 bits per heavy atom. The Morgan fingerprint density at radius 3 is 2.46 bits per heavy atom. The highest BCUT2D eigenvalue weighted by Crippen LogP contribution is 2.33. The molecule has 0 spiro atoms. The Balaban J connectivity index is 1.25. The van der Waals surface area contributed by atoms with Crippen LogP contribution in [0.1, 0.15) is 28.9 Å². The highest BCUT2D eigenvalue weighted by molar-refractivity contribution is 6.13. The van der Waals surface area contributed by atoms with Crippen molar-refractivity contribution in [1.29, 1.82) is 0 Å². The number of rotatable bonds is 6. The van der Waals surface area contributed by atoms with Crippen molar-refractivity contribution in [2.45, 2.75) is 25.4 Å². The number of quaternary nitrogens is 1. The van der Waals surface area contributed by atoms with E-state index in [4.69, 9.17) is 9.72 Å². The average molecular weight is 492 g/mol. The van der Waals surface area contributed by atoms with E-state index in [1.807, 2.05) is 42.5 Å². The van der Waals surface area contributed by atoms with Gasteiger partial charge in [0.2, 0.25) is 0 Å². The smallest absolute Gasteiger partial charge is 0.270 e. The molecule has 0 bridgehead atoms. The average Bonchev–Trinajstić information content (AvgIpc) is 3.33. The van der Waals surface area contributed by atoms with E-state index in [2.05, 4.69) is 52.8 Å². The Bertz CT molecular complexity index is 1530. The zero-order valence-corrected chi connectivity index (χ0v) is 21.0. The van der Waals surface area contributed by atoms with Crippen molar-refractivity contribution in [2.24, 2.45) is 0 Å². The molecule has 6 rings (SSSR count). The summed E-state index contributed by atoms with van der Waals surface area (Å²) in [6, 6.07) is 28.7. The maximum Gasteiger partial charge on any atom is 0.270 e. The number of carbonyl (C=O) groups excluding carboxylic acids is 1. The van der Waals surface area contributed by atoms with Crippen molar-refractivity contribution < 1.29 is 14.4 Å². The predicted octanol–water partition coefficient (Wildman–Crippen LogP) is 4.37. The van der Waals surface area contributed by atoms with Gasteiger partial charge in [0.1, 0.15) is 18.0 Å². The van der Waals surface area contributed by atoms with Crippen LogP contribution in [0, 0.1) is 0 Å². The van der Waals surface area contributed by atoms with Gasteiger partial charge in [-0.1, -0.05) is 48.5 Å². The molecule has 0 saturated carbocycles. The summed E-state index contributed by atoms with van der Waals surface area (Å²) in [5.41, 5.74) is 5.47. The van der Waals surface area contributed by atoms with Gasteiger partial charge >= 0.3 is 0 Å². The minimum atomic E-state index is -0.113.